The molecule has 0 unspecified atom stereocenters. The van der Waals surface area contributed by atoms with Crippen LogP contribution >= 0.6 is 0 Å². The van der Waals surface area contributed by atoms with E-state index in [1.54, 1.807) is 38.1 Å². The molecule has 1 atom stereocenters. The smallest absolute Gasteiger partial charge is 0.248 e. The predicted molar refractivity (Wildman–Crippen MR) is 94.8 cm³/mol. The van der Waals surface area contributed by atoms with Gasteiger partial charge in [-0.2, -0.15) is 4.31 Å². The van der Waals surface area contributed by atoms with E-state index in [2.05, 4.69) is 5.16 Å². The van der Waals surface area contributed by atoms with Crippen LogP contribution in [0.2, 0.25) is 0 Å². The second-order valence-electron chi connectivity index (χ2n) is 6.42. The van der Waals surface area contributed by atoms with Crippen LogP contribution in [0.3, 0.4) is 0 Å². The molecule has 140 valence electrons. The van der Waals surface area contributed by atoms with Gasteiger partial charge in [0.1, 0.15) is 16.3 Å². The Kier molecular flexibility index (Phi) is 5.15. The number of hydrogen-bond acceptors (Lipinski definition) is 6. The van der Waals surface area contributed by atoms with E-state index < -0.39 is 15.9 Å². The third-order valence-electron chi connectivity index (χ3n) is 4.69. The van der Waals surface area contributed by atoms with Crippen LogP contribution in [0.4, 0.5) is 0 Å². The summed E-state index contributed by atoms with van der Waals surface area (Å²) in [7, 11) is -2.24. The normalized spacial score (nSPS) is 18.7. The summed E-state index contributed by atoms with van der Waals surface area (Å²) in [5, 5.41) is 3.74. The highest BCUT2D eigenvalue weighted by Crippen LogP contribution is 2.30. The molecule has 2 heterocycles. The molecular formula is C18H22N2O5S. The monoisotopic (exact) mass is 378 g/mol. The quantitative estimate of drug-likeness (QED) is 0.743. The highest BCUT2D eigenvalue weighted by molar-refractivity contribution is 7.89. The van der Waals surface area contributed by atoms with Crippen molar-refractivity contribution < 1.29 is 22.5 Å². The van der Waals surface area contributed by atoms with Crippen molar-refractivity contribution in [2.45, 2.75) is 31.6 Å². The Morgan fingerprint density at radius 3 is 2.69 bits per heavy atom. The summed E-state index contributed by atoms with van der Waals surface area (Å²) in [6, 6.07) is 7.01. The number of para-hydroxylation sites is 1. The van der Waals surface area contributed by atoms with Gasteiger partial charge in [0.05, 0.1) is 12.7 Å². The number of carbonyl (C=O) groups is 1. The van der Waals surface area contributed by atoms with Crippen molar-refractivity contribution in [3.63, 3.8) is 0 Å². The van der Waals surface area contributed by atoms with Gasteiger partial charge in [-0.15, -0.1) is 0 Å². The van der Waals surface area contributed by atoms with Crippen molar-refractivity contribution in [2.75, 3.05) is 20.2 Å². The minimum absolute atomic E-state index is 0.0962. The number of carbonyl (C=O) groups excluding carboxylic acids is 1. The maximum atomic E-state index is 13.0. The summed E-state index contributed by atoms with van der Waals surface area (Å²) in [4.78, 5) is 13.0. The van der Waals surface area contributed by atoms with Gasteiger partial charge in [-0.05, 0) is 38.8 Å². The molecule has 1 aliphatic heterocycles. The molecule has 0 bridgehead atoms. The number of ketones is 1. The Morgan fingerprint density at radius 2 is 2.04 bits per heavy atom. The van der Waals surface area contributed by atoms with E-state index in [9.17, 15) is 13.2 Å². The van der Waals surface area contributed by atoms with E-state index in [0.717, 1.165) is 0 Å². The lowest BCUT2D eigenvalue weighted by Crippen LogP contribution is -2.42. The van der Waals surface area contributed by atoms with E-state index in [1.807, 2.05) is 0 Å². The van der Waals surface area contributed by atoms with E-state index in [-0.39, 0.29) is 23.0 Å². The van der Waals surface area contributed by atoms with Gasteiger partial charge in [0, 0.05) is 19.0 Å². The first-order valence-electron chi connectivity index (χ1n) is 8.46. The average molecular weight is 378 g/mol. The Balaban J connectivity index is 1.87. The summed E-state index contributed by atoms with van der Waals surface area (Å²) in [6.45, 7) is 3.70. The van der Waals surface area contributed by atoms with Gasteiger partial charge in [-0.25, -0.2) is 8.42 Å². The zero-order valence-corrected chi connectivity index (χ0v) is 15.9. The number of ether oxygens (including phenoxy) is 1. The van der Waals surface area contributed by atoms with Gasteiger partial charge >= 0.3 is 0 Å². The molecule has 1 aliphatic rings. The first-order chi connectivity index (χ1) is 12.4. The lowest BCUT2D eigenvalue weighted by molar-refractivity contribution is 0.0869. The van der Waals surface area contributed by atoms with Crippen molar-refractivity contribution in [1.29, 1.82) is 0 Å². The Hall–Kier alpha value is -2.19. The van der Waals surface area contributed by atoms with Gasteiger partial charge in [-0.3, -0.25) is 4.79 Å². The maximum Gasteiger partial charge on any atom is 0.248 e. The second kappa shape index (κ2) is 7.20. The summed E-state index contributed by atoms with van der Waals surface area (Å²) in [6.07, 6.45) is 1.26. The number of Topliss-reactive ketones (excluding diaryl/α,β-unsaturated/α-hetero) is 1. The van der Waals surface area contributed by atoms with Crippen LogP contribution in [0.25, 0.3) is 0 Å². The molecule has 8 heteroatoms. The standard InChI is InChI=1S/C18H22N2O5S/c1-12-18(13(2)25-19-12)26(22,23)20-10-6-7-14(11-20)17(21)15-8-4-5-9-16(15)24-3/h4-5,8-9,14H,6-7,10-11H2,1-3H3/t14-/m1/s1. The Morgan fingerprint density at radius 1 is 1.31 bits per heavy atom. The molecule has 0 spiro atoms. The molecule has 0 saturated carbocycles. The minimum atomic E-state index is -3.75. The lowest BCUT2D eigenvalue weighted by Gasteiger charge is -2.31. The van der Waals surface area contributed by atoms with Crippen LogP contribution in [0.15, 0.2) is 33.7 Å². The maximum absolute atomic E-state index is 13.0. The van der Waals surface area contributed by atoms with E-state index >= 15 is 0 Å². The van der Waals surface area contributed by atoms with Crippen molar-refractivity contribution >= 4 is 15.8 Å². The molecule has 1 aromatic heterocycles. The number of nitrogens with zero attached hydrogens (tertiary/aromatic N) is 2. The summed E-state index contributed by atoms with van der Waals surface area (Å²) < 4.78 is 37.7. The number of aryl methyl sites for hydroxylation is 2. The Labute approximate surface area is 153 Å². The average Bonchev–Trinajstić information content (AvgIpc) is 3.00. The van der Waals surface area contributed by atoms with E-state index in [0.29, 0.717) is 36.4 Å². The fraction of sp³-hybridized carbons (Fsp3) is 0.444. The molecule has 0 N–H and O–H groups in total. The minimum Gasteiger partial charge on any atom is -0.496 e. The third-order valence-corrected chi connectivity index (χ3v) is 6.80. The van der Waals surface area contributed by atoms with Crippen molar-refractivity contribution in [3.8, 4) is 5.75 Å². The molecule has 0 amide bonds. The van der Waals surface area contributed by atoms with Crippen LogP contribution in [0.1, 0.15) is 34.7 Å². The van der Waals surface area contributed by atoms with Crippen molar-refractivity contribution in [3.05, 3.63) is 41.3 Å². The van der Waals surface area contributed by atoms with Gasteiger partial charge in [0.2, 0.25) is 10.0 Å². The van der Waals surface area contributed by atoms with E-state index in [1.165, 1.54) is 11.4 Å². The number of sulfonamides is 1. The van der Waals surface area contributed by atoms with Crippen molar-refractivity contribution in [1.82, 2.24) is 9.46 Å². The van der Waals surface area contributed by atoms with Gasteiger partial charge < -0.3 is 9.26 Å². The molecule has 2 aromatic rings. The SMILES string of the molecule is COc1ccccc1C(=O)[C@@H]1CCCN(S(=O)(=O)c2c(C)noc2C)C1. The zero-order valence-electron chi connectivity index (χ0n) is 15.1. The summed E-state index contributed by atoms with van der Waals surface area (Å²) in [5.41, 5.74) is 0.817. The molecule has 3 rings (SSSR count). The van der Waals surface area contributed by atoms with Gasteiger partial charge in [0.15, 0.2) is 11.5 Å². The largest absolute Gasteiger partial charge is 0.496 e. The number of rotatable bonds is 5. The highest BCUT2D eigenvalue weighted by Gasteiger charge is 2.37. The van der Waals surface area contributed by atoms with Crippen LogP contribution in [-0.4, -0.2) is 43.9 Å². The molecule has 1 aromatic carbocycles. The molecule has 1 fully saturated rings. The third kappa shape index (κ3) is 3.26. The number of benzene rings is 1. The predicted octanol–water partition coefficient (Wildman–Crippen LogP) is 2.58. The summed E-state index contributed by atoms with van der Waals surface area (Å²) >= 11 is 0. The first-order valence-corrected chi connectivity index (χ1v) is 9.90. The second-order valence-corrected chi connectivity index (χ2v) is 8.29. The molecule has 26 heavy (non-hydrogen) atoms. The molecule has 1 saturated heterocycles. The number of hydrogen-bond donors (Lipinski definition) is 0. The van der Waals surface area contributed by atoms with Gasteiger partial charge in [0.25, 0.3) is 0 Å². The highest BCUT2D eigenvalue weighted by atomic mass is 32.2. The lowest BCUT2D eigenvalue weighted by atomic mass is 9.90. The Bertz CT molecular complexity index is 900. The molecular weight excluding hydrogens is 356 g/mol. The number of aromatic nitrogens is 1. The fourth-order valence-electron chi connectivity index (χ4n) is 3.41. The molecule has 0 radical (unpaired) electrons. The number of piperidine rings is 1. The molecule has 7 nitrogen and oxygen atoms in total. The van der Waals surface area contributed by atoms with Gasteiger partial charge in [-0.1, -0.05) is 17.3 Å². The fourth-order valence-corrected chi connectivity index (χ4v) is 5.23. The van der Waals surface area contributed by atoms with Crippen LogP contribution in [-0.2, 0) is 10.0 Å². The van der Waals surface area contributed by atoms with Crippen LogP contribution in [0.5, 0.6) is 5.75 Å². The van der Waals surface area contributed by atoms with Crippen LogP contribution in [0, 0.1) is 19.8 Å². The van der Waals surface area contributed by atoms with E-state index in [4.69, 9.17) is 9.26 Å². The first kappa shape index (κ1) is 18.6. The number of methoxy groups -OCH3 is 1. The zero-order chi connectivity index (χ0) is 18.9. The molecule has 0 aliphatic carbocycles. The van der Waals surface area contributed by atoms with Crippen LogP contribution < -0.4 is 4.74 Å². The summed E-state index contributed by atoms with van der Waals surface area (Å²) in [5.74, 6) is 0.264. The van der Waals surface area contributed by atoms with Crippen molar-refractivity contribution in [2.24, 2.45) is 5.92 Å². The topological polar surface area (TPSA) is 89.7 Å².